The summed E-state index contributed by atoms with van der Waals surface area (Å²) in [4.78, 5) is 24.1. The Morgan fingerprint density at radius 3 is 2.46 bits per heavy atom. The van der Waals surface area contributed by atoms with Gasteiger partial charge in [0.1, 0.15) is 5.75 Å². The molecule has 0 saturated carbocycles. The highest BCUT2D eigenvalue weighted by Crippen LogP contribution is 2.22. The first-order valence-electron chi connectivity index (χ1n) is 8.64. The SMILES string of the molecule is CCC(Oc1ccc2ccccc2c1)C(=O)Nc1cccc(C(C)=O)c1. The third-order valence-electron chi connectivity index (χ3n) is 4.20. The topological polar surface area (TPSA) is 55.4 Å². The van der Waals surface area contributed by atoms with Gasteiger partial charge in [0.2, 0.25) is 0 Å². The third kappa shape index (κ3) is 4.09. The van der Waals surface area contributed by atoms with Crippen LogP contribution in [0.2, 0.25) is 0 Å². The molecule has 1 N–H and O–H groups in total. The van der Waals surface area contributed by atoms with E-state index in [2.05, 4.69) is 5.32 Å². The minimum atomic E-state index is -0.614. The average Bonchev–Trinajstić information content (AvgIpc) is 2.66. The molecule has 0 saturated heterocycles. The molecule has 1 amide bonds. The van der Waals surface area contributed by atoms with Crippen LogP contribution in [0.3, 0.4) is 0 Å². The van der Waals surface area contributed by atoms with Crippen molar-refractivity contribution in [1.82, 2.24) is 0 Å². The van der Waals surface area contributed by atoms with E-state index in [0.717, 1.165) is 10.8 Å². The van der Waals surface area contributed by atoms with Crippen LogP contribution in [0.1, 0.15) is 30.6 Å². The fraction of sp³-hybridized carbons (Fsp3) is 0.182. The van der Waals surface area contributed by atoms with Crippen molar-refractivity contribution in [3.63, 3.8) is 0 Å². The quantitative estimate of drug-likeness (QED) is 0.649. The van der Waals surface area contributed by atoms with Gasteiger partial charge in [-0.05, 0) is 48.4 Å². The number of carbonyl (C=O) groups excluding carboxylic acids is 2. The van der Waals surface area contributed by atoms with Gasteiger partial charge >= 0.3 is 0 Å². The van der Waals surface area contributed by atoms with Gasteiger partial charge in [-0.3, -0.25) is 9.59 Å². The molecular weight excluding hydrogens is 326 g/mol. The molecule has 0 aliphatic heterocycles. The molecule has 0 fully saturated rings. The van der Waals surface area contributed by atoms with Crippen LogP contribution in [-0.4, -0.2) is 17.8 Å². The number of hydrogen-bond acceptors (Lipinski definition) is 3. The Balaban J connectivity index is 1.74. The van der Waals surface area contributed by atoms with Crippen LogP contribution in [0.15, 0.2) is 66.7 Å². The first kappa shape index (κ1) is 17.7. The molecule has 4 heteroatoms. The molecule has 3 rings (SSSR count). The van der Waals surface area contributed by atoms with Crippen LogP contribution < -0.4 is 10.1 Å². The maximum Gasteiger partial charge on any atom is 0.265 e. The minimum Gasteiger partial charge on any atom is -0.481 e. The summed E-state index contributed by atoms with van der Waals surface area (Å²) in [5.74, 6) is 0.380. The molecule has 0 bridgehead atoms. The van der Waals surface area contributed by atoms with E-state index in [-0.39, 0.29) is 11.7 Å². The molecule has 4 nitrogen and oxygen atoms in total. The molecule has 0 radical (unpaired) electrons. The number of carbonyl (C=O) groups is 2. The summed E-state index contributed by atoms with van der Waals surface area (Å²) in [6, 6.07) is 20.7. The Labute approximate surface area is 152 Å². The zero-order valence-electron chi connectivity index (χ0n) is 14.9. The van der Waals surface area contributed by atoms with Gasteiger partial charge in [0.25, 0.3) is 5.91 Å². The molecule has 0 aliphatic rings. The maximum absolute atomic E-state index is 12.6. The van der Waals surface area contributed by atoms with Gasteiger partial charge in [-0.2, -0.15) is 0 Å². The van der Waals surface area contributed by atoms with E-state index in [4.69, 9.17) is 4.74 Å². The molecular formula is C22H21NO3. The van der Waals surface area contributed by atoms with Crippen LogP contribution in [0.5, 0.6) is 5.75 Å². The molecule has 1 atom stereocenters. The van der Waals surface area contributed by atoms with Crippen molar-refractivity contribution >= 4 is 28.2 Å². The lowest BCUT2D eigenvalue weighted by Gasteiger charge is -2.18. The summed E-state index contributed by atoms with van der Waals surface area (Å²) in [7, 11) is 0. The van der Waals surface area contributed by atoms with Gasteiger partial charge < -0.3 is 10.1 Å². The van der Waals surface area contributed by atoms with E-state index >= 15 is 0 Å². The van der Waals surface area contributed by atoms with Crippen molar-refractivity contribution in [3.8, 4) is 5.75 Å². The lowest BCUT2D eigenvalue weighted by Crippen LogP contribution is -2.32. The Morgan fingerprint density at radius 1 is 0.962 bits per heavy atom. The van der Waals surface area contributed by atoms with E-state index in [9.17, 15) is 9.59 Å². The highest BCUT2D eigenvalue weighted by atomic mass is 16.5. The van der Waals surface area contributed by atoms with E-state index < -0.39 is 6.10 Å². The van der Waals surface area contributed by atoms with Crippen molar-refractivity contribution in [3.05, 3.63) is 72.3 Å². The number of benzene rings is 3. The summed E-state index contributed by atoms with van der Waals surface area (Å²) >= 11 is 0. The number of amides is 1. The number of anilines is 1. The van der Waals surface area contributed by atoms with E-state index in [1.54, 1.807) is 24.3 Å². The van der Waals surface area contributed by atoms with Crippen molar-refractivity contribution in [1.29, 1.82) is 0 Å². The lowest BCUT2D eigenvalue weighted by atomic mass is 10.1. The monoisotopic (exact) mass is 347 g/mol. The number of ether oxygens (including phenoxy) is 1. The van der Waals surface area contributed by atoms with Crippen molar-refractivity contribution in [2.75, 3.05) is 5.32 Å². The number of rotatable bonds is 6. The standard InChI is InChI=1S/C22H21NO3/c1-3-21(22(25)23-19-10-6-9-17(13-19)15(2)24)26-20-12-11-16-7-4-5-8-18(16)14-20/h4-14,21H,3H2,1-2H3,(H,23,25). The number of fused-ring (bicyclic) bond motifs is 1. The normalized spacial score (nSPS) is 11.8. The maximum atomic E-state index is 12.6. The van der Waals surface area contributed by atoms with Crippen LogP contribution >= 0.6 is 0 Å². The molecule has 26 heavy (non-hydrogen) atoms. The number of nitrogens with one attached hydrogen (secondary N) is 1. The van der Waals surface area contributed by atoms with Crippen molar-refractivity contribution in [2.45, 2.75) is 26.4 Å². The third-order valence-corrected chi connectivity index (χ3v) is 4.20. The Bertz CT molecular complexity index is 949. The Kier molecular flexibility index (Phi) is 5.32. The molecule has 0 aromatic heterocycles. The van der Waals surface area contributed by atoms with Crippen LogP contribution in [0.4, 0.5) is 5.69 Å². The largest absolute Gasteiger partial charge is 0.481 e. The Morgan fingerprint density at radius 2 is 1.73 bits per heavy atom. The summed E-state index contributed by atoms with van der Waals surface area (Å²) in [5, 5.41) is 5.02. The fourth-order valence-electron chi connectivity index (χ4n) is 2.77. The summed E-state index contributed by atoms with van der Waals surface area (Å²) in [6.45, 7) is 3.40. The lowest BCUT2D eigenvalue weighted by molar-refractivity contribution is -0.122. The van der Waals surface area contributed by atoms with Crippen molar-refractivity contribution in [2.24, 2.45) is 0 Å². The summed E-state index contributed by atoms with van der Waals surface area (Å²) < 4.78 is 5.90. The van der Waals surface area contributed by atoms with Crippen LogP contribution in [-0.2, 0) is 4.79 Å². The van der Waals surface area contributed by atoms with Gasteiger partial charge in [-0.1, -0.05) is 49.4 Å². The van der Waals surface area contributed by atoms with Crippen LogP contribution in [0.25, 0.3) is 10.8 Å². The molecule has 132 valence electrons. The molecule has 1 unspecified atom stereocenters. The predicted octanol–water partition coefficient (Wildman–Crippen LogP) is 4.84. The van der Waals surface area contributed by atoms with E-state index in [1.807, 2.05) is 49.4 Å². The highest BCUT2D eigenvalue weighted by Gasteiger charge is 2.19. The first-order chi connectivity index (χ1) is 12.6. The van der Waals surface area contributed by atoms with Gasteiger partial charge in [0.05, 0.1) is 0 Å². The van der Waals surface area contributed by atoms with E-state index in [0.29, 0.717) is 23.4 Å². The van der Waals surface area contributed by atoms with E-state index in [1.165, 1.54) is 6.92 Å². The summed E-state index contributed by atoms with van der Waals surface area (Å²) in [6.07, 6.45) is -0.0810. The number of ketones is 1. The van der Waals surface area contributed by atoms with Crippen LogP contribution in [0, 0.1) is 0 Å². The second kappa shape index (κ2) is 7.83. The van der Waals surface area contributed by atoms with Gasteiger partial charge in [0, 0.05) is 11.3 Å². The zero-order valence-corrected chi connectivity index (χ0v) is 14.9. The minimum absolute atomic E-state index is 0.0412. The second-order valence-electron chi connectivity index (χ2n) is 6.15. The number of Topliss-reactive ketones (excluding diaryl/α,β-unsaturated/α-hetero) is 1. The molecule has 0 heterocycles. The zero-order chi connectivity index (χ0) is 18.5. The smallest absolute Gasteiger partial charge is 0.265 e. The van der Waals surface area contributed by atoms with Gasteiger partial charge in [-0.25, -0.2) is 0 Å². The molecule has 0 aliphatic carbocycles. The Hall–Kier alpha value is -3.14. The molecule has 3 aromatic carbocycles. The average molecular weight is 347 g/mol. The molecule has 0 spiro atoms. The first-order valence-corrected chi connectivity index (χ1v) is 8.64. The highest BCUT2D eigenvalue weighted by molar-refractivity contribution is 5.98. The second-order valence-corrected chi connectivity index (χ2v) is 6.15. The van der Waals surface area contributed by atoms with Gasteiger partial charge in [-0.15, -0.1) is 0 Å². The van der Waals surface area contributed by atoms with Crippen molar-refractivity contribution < 1.29 is 14.3 Å². The molecule has 3 aromatic rings. The predicted molar refractivity (Wildman–Crippen MR) is 104 cm³/mol. The summed E-state index contributed by atoms with van der Waals surface area (Å²) in [5.41, 5.74) is 1.15. The number of hydrogen-bond donors (Lipinski definition) is 1. The fourth-order valence-corrected chi connectivity index (χ4v) is 2.77. The van der Waals surface area contributed by atoms with Gasteiger partial charge in [0.15, 0.2) is 11.9 Å².